The number of nitrogens with zero attached hydrogens (tertiary/aromatic N) is 1. The Balaban J connectivity index is 0.00000128. The van der Waals surface area contributed by atoms with E-state index in [0.29, 0.717) is 16.6 Å². The van der Waals surface area contributed by atoms with Gasteiger partial charge in [-0.3, -0.25) is 5.41 Å². The average molecular weight is 373 g/mol. The van der Waals surface area contributed by atoms with Crippen molar-refractivity contribution in [2.75, 3.05) is 13.6 Å². The Morgan fingerprint density at radius 1 is 1.38 bits per heavy atom. The van der Waals surface area contributed by atoms with Crippen LogP contribution in [0.3, 0.4) is 0 Å². The van der Waals surface area contributed by atoms with Crippen LogP contribution in [0.1, 0.15) is 11.7 Å². The number of likely N-dealkylation sites (N-methyl/N-ethyl adjacent to an activating group) is 1. The predicted octanol–water partition coefficient (Wildman–Crippen LogP) is 3.55. The van der Waals surface area contributed by atoms with Crippen LogP contribution < -0.4 is 0 Å². The van der Waals surface area contributed by atoms with Crippen molar-refractivity contribution in [3.63, 3.8) is 0 Å². The Labute approximate surface area is 121 Å². The summed E-state index contributed by atoms with van der Waals surface area (Å²) in [5, 5.41) is 8.52. The Kier molecular flexibility index (Phi) is 4.70. The maximum Gasteiger partial charge on any atom is 0.284 e. The molecule has 1 aliphatic heterocycles. The van der Waals surface area contributed by atoms with Crippen LogP contribution in [0.25, 0.3) is 0 Å². The fourth-order valence-electron chi connectivity index (χ4n) is 1.48. The van der Waals surface area contributed by atoms with Gasteiger partial charge in [-0.05, 0) is 17.7 Å². The number of amidine groups is 1. The van der Waals surface area contributed by atoms with Crippen LogP contribution >= 0.6 is 47.2 Å². The topological polar surface area (TPSA) is 36.3 Å². The highest BCUT2D eigenvalue weighted by Gasteiger charge is 2.27. The maximum atomic E-state index is 7.47. The minimum atomic E-state index is -0.128. The summed E-state index contributed by atoms with van der Waals surface area (Å²) in [6.07, 6.45) is -0.128. The summed E-state index contributed by atoms with van der Waals surface area (Å²) in [7, 11) is 1.82. The van der Waals surface area contributed by atoms with E-state index in [-0.39, 0.29) is 36.1 Å². The molecule has 1 saturated heterocycles. The number of halogens is 3. The zero-order valence-electron chi connectivity index (χ0n) is 8.54. The molecule has 16 heavy (non-hydrogen) atoms. The molecule has 1 heterocycles. The van der Waals surface area contributed by atoms with Crippen molar-refractivity contribution in [2.45, 2.75) is 6.10 Å². The molecule has 0 saturated carbocycles. The molecule has 2 rings (SSSR count). The molecule has 0 amide bonds. The summed E-state index contributed by atoms with van der Waals surface area (Å²) in [6.45, 7) is 0.663. The first-order valence-electron chi connectivity index (χ1n) is 4.49. The average Bonchev–Trinajstić information content (AvgIpc) is 2.52. The summed E-state index contributed by atoms with van der Waals surface area (Å²) in [5.74, 6) is 0. The van der Waals surface area contributed by atoms with E-state index in [1.54, 1.807) is 17.0 Å². The van der Waals surface area contributed by atoms with Crippen LogP contribution in [0.5, 0.6) is 0 Å². The fourth-order valence-corrected chi connectivity index (χ4v) is 1.79. The third-order valence-corrected chi connectivity index (χ3v) is 3.09. The molecule has 0 aromatic heterocycles. The van der Waals surface area contributed by atoms with Crippen molar-refractivity contribution >= 4 is 53.2 Å². The standard InChI is InChI=1S/C10H10Cl2N2O.HI/c1-14-5-9(15-10(14)13)6-2-3-7(11)8(12)4-6;/h2-4,9,13H,5H2,1H3;1H. The first kappa shape index (κ1) is 13.9. The quantitative estimate of drug-likeness (QED) is 0.765. The molecule has 0 aliphatic carbocycles. The second kappa shape index (κ2) is 5.42. The molecule has 1 fully saturated rings. The van der Waals surface area contributed by atoms with Crippen LogP contribution in [0, 0.1) is 5.41 Å². The fraction of sp³-hybridized carbons (Fsp3) is 0.300. The highest BCUT2D eigenvalue weighted by molar-refractivity contribution is 14.0. The monoisotopic (exact) mass is 372 g/mol. The summed E-state index contributed by atoms with van der Waals surface area (Å²) < 4.78 is 5.36. The van der Waals surface area contributed by atoms with Gasteiger partial charge in [0.1, 0.15) is 6.10 Å². The van der Waals surface area contributed by atoms with Crippen molar-refractivity contribution in [3.05, 3.63) is 33.8 Å². The van der Waals surface area contributed by atoms with Crippen LogP contribution in [0.4, 0.5) is 0 Å². The molecule has 0 spiro atoms. The normalized spacial score (nSPS) is 19.3. The number of hydrogen-bond donors (Lipinski definition) is 1. The van der Waals surface area contributed by atoms with Crippen LogP contribution in [0.2, 0.25) is 10.0 Å². The zero-order chi connectivity index (χ0) is 11.0. The number of rotatable bonds is 1. The van der Waals surface area contributed by atoms with Gasteiger partial charge in [-0.25, -0.2) is 0 Å². The number of hydrogen-bond acceptors (Lipinski definition) is 2. The van der Waals surface area contributed by atoms with Gasteiger partial charge in [0.05, 0.1) is 16.6 Å². The smallest absolute Gasteiger partial charge is 0.284 e. The number of nitrogens with one attached hydrogen (secondary N) is 1. The molecule has 6 heteroatoms. The summed E-state index contributed by atoms with van der Waals surface area (Å²) in [6, 6.07) is 5.57. The van der Waals surface area contributed by atoms with Gasteiger partial charge in [0.25, 0.3) is 6.02 Å². The molecule has 1 N–H and O–H groups in total. The Hall–Kier alpha value is -0.200. The molecule has 0 radical (unpaired) electrons. The van der Waals surface area contributed by atoms with Crippen molar-refractivity contribution in [1.29, 1.82) is 5.41 Å². The van der Waals surface area contributed by atoms with Crippen molar-refractivity contribution < 1.29 is 4.74 Å². The van der Waals surface area contributed by atoms with E-state index in [4.69, 9.17) is 33.3 Å². The van der Waals surface area contributed by atoms with Crippen LogP contribution in [0.15, 0.2) is 18.2 Å². The highest BCUT2D eigenvalue weighted by atomic mass is 127. The van der Waals surface area contributed by atoms with E-state index in [0.717, 1.165) is 5.56 Å². The molecule has 1 aliphatic rings. The Morgan fingerprint density at radius 3 is 2.56 bits per heavy atom. The van der Waals surface area contributed by atoms with Crippen molar-refractivity contribution in [3.8, 4) is 0 Å². The van der Waals surface area contributed by atoms with E-state index in [1.165, 1.54) is 0 Å². The summed E-state index contributed by atoms with van der Waals surface area (Å²) in [4.78, 5) is 1.74. The lowest BCUT2D eigenvalue weighted by Gasteiger charge is -2.09. The molecular formula is C10H11Cl2IN2O. The van der Waals surface area contributed by atoms with Gasteiger partial charge in [0.2, 0.25) is 0 Å². The molecule has 1 aromatic rings. The van der Waals surface area contributed by atoms with E-state index in [1.807, 2.05) is 13.1 Å². The summed E-state index contributed by atoms with van der Waals surface area (Å²) >= 11 is 11.7. The minimum Gasteiger partial charge on any atom is -0.455 e. The third-order valence-electron chi connectivity index (χ3n) is 2.36. The number of ether oxygens (including phenoxy) is 1. The first-order valence-corrected chi connectivity index (χ1v) is 5.25. The van der Waals surface area contributed by atoms with E-state index in [2.05, 4.69) is 0 Å². The van der Waals surface area contributed by atoms with Gasteiger partial charge in [0, 0.05) is 7.05 Å². The van der Waals surface area contributed by atoms with Gasteiger partial charge in [-0.2, -0.15) is 0 Å². The lowest BCUT2D eigenvalue weighted by molar-refractivity contribution is 0.233. The van der Waals surface area contributed by atoms with Gasteiger partial charge in [0.15, 0.2) is 0 Å². The minimum absolute atomic E-state index is 0. The zero-order valence-corrected chi connectivity index (χ0v) is 12.4. The Morgan fingerprint density at radius 2 is 2.06 bits per heavy atom. The predicted molar refractivity (Wildman–Crippen MR) is 76.1 cm³/mol. The molecule has 0 bridgehead atoms. The van der Waals surface area contributed by atoms with E-state index < -0.39 is 0 Å². The molecule has 1 atom stereocenters. The third kappa shape index (κ3) is 2.73. The van der Waals surface area contributed by atoms with Crippen LogP contribution in [-0.2, 0) is 4.74 Å². The highest BCUT2D eigenvalue weighted by Crippen LogP contribution is 2.30. The molecule has 1 unspecified atom stereocenters. The summed E-state index contributed by atoms with van der Waals surface area (Å²) in [5.41, 5.74) is 0.943. The van der Waals surface area contributed by atoms with Gasteiger partial charge < -0.3 is 9.64 Å². The lowest BCUT2D eigenvalue weighted by Crippen LogP contribution is -2.18. The maximum absolute atomic E-state index is 7.47. The van der Waals surface area contributed by atoms with E-state index >= 15 is 0 Å². The molecular weight excluding hydrogens is 362 g/mol. The van der Waals surface area contributed by atoms with Gasteiger partial charge in [-0.15, -0.1) is 24.0 Å². The molecule has 3 nitrogen and oxygen atoms in total. The second-order valence-corrected chi connectivity index (χ2v) is 4.28. The number of benzene rings is 1. The molecule has 1 aromatic carbocycles. The SMILES string of the molecule is CN1CC(c2ccc(Cl)c(Cl)c2)OC1=N.I. The van der Waals surface area contributed by atoms with Crippen molar-refractivity contribution in [2.24, 2.45) is 0 Å². The van der Waals surface area contributed by atoms with Gasteiger partial charge in [-0.1, -0.05) is 29.3 Å². The first-order chi connectivity index (χ1) is 7.08. The van der Waals surface area contributed by atoms with Crippen molar-refractivity contribution in [1.82, 2.24) is 4.90 Å². The Bertz CT molecular complexity index is 414. The van der Waals surface area contributed by atoms with Crippen LogP contribution in [-0.4, -0.2) is 24.5 Å². The second-order valence-electron chi connectivity index (χ2n) is 3.47. The van der Waals surface area contributed by atoms with Gasteiger partial charge >= 0.3 is 0 Å². The largest absolute Gasteiger partial charge is 0.455 e. The lowest BCUT2D eigenvalue weighted by atomic mass is 10.1. The van der Waals surface area contributed by atoms with E-state index in [9.17, 15) is 0 Å². The molecule has 88 valence electrons.